The molecule has 16 heavy (non-hydrogen) atoms. The Morgan fingerprint density at radius 1 is 1.50 bits per heavy atom. The quantitative estimate of drug-likeness (QED) is 0.823. The molecule has 0 saturated heterocycles. The maximum Gasteiger partial charge on any atom is 0.339 e. The number of anilines is 1. The molecule has 1 aromatic heterocycles. The van der Waals surface area contributed by atoms with Gasteiger partial charge in [0.2, 0.25) is 5.95 Å². The minimum absolute atomic E-state index is 0.163. The first-order valence-electron chi connectivity index (χ1n) is 5.42. The Kier molecular flexibility index (Phi) is 4.22. The predicted molar refractivity (Wildman–Crippen MR) is 61.9 cm³/mol. The molecule has 0 aliphatic carbocycles. The van der Waals surface area contributed by atoms with E-state index in [0.717, 1.165) is 19.5 Å². The van der Waals surface area contributed by atoms with Crippen LogP contribution in [0.1, 0.15) is 36.3 Å². The lowest BCUT2D eigenvalue weighted by molar-refractivity contribution is 0.0695. The Hall–Kier alpha value is -1.65. The Morgan fingerprint density at radius 2 is 2.19 bits per heavy atom. The van der Waals surface area contributed by atoms with Gasteiger partial charge in [0.15, 0.2) is 0 Å². The van der Waals surface area contributed by atoms with Gasteiger partial charge in [-0.05, 0) is 20.3 Å². The van der Waals surface area contributed by atoms with Crippen molar-refractivity contribution in [2.75, 3.05) is 18.0 Å². The van der Waals surface area contributed by atoms with Gasteiger partial charge in [-0.15, -0.1) is 0 Å². The number of hydrogen-bond acceptors (Lipinski definition) is 4. The lowest BCUT2D eigenvalue weighted by atomic mass is 10.2. The Morgan fingerprint density at radius 3 is 2.62 bits per heavy atom. The number of aromatic carboxylic acids is 1. The lowest BCUT2D eigenvalue weighted by Gasteiger charge is -2.20. The minimum Gasteiger partial charge on any atom is -0.478 e. The van der Waals surface area contributed by atoms with E-state index in [0.29, 0.717) is 11.6 Å². The molecule has 0 fully saturated rings. The molecule has 1 rings (SSSR count). The smallest absolute Gasteiger partial charge is 0.339 e. The van der Waals surface area contributed by atoms with Crippen LogP contribution in [0.15, 0.2) is 6.20 Å². The van der Waals surface area contributed by atoms with Crippen molar-refractivity contribution < 1.29 is 9.90 Å². The van der Waals surface area contributed by atoms with Crippen LogP contribution in [0.25, 0.3) is 0 Å². The van der Waals surface area contributed by atoms with Crippen LogP contribution in [-0.4, -0.2) is 34.1 Å². The zero-order valence-electron chi connectivity index (χ0n) is 9.90. The molecule has 88 valence electrons. The molecule has 0 aliphatic heterocycles. The van der Waals surface area contributed by atoms with Crippen molar-refractivity contribution in [2.45, 2.75) is 27.2 Å². The molecule has 0 spiro atoms. The van der Waals surface area contributed by atoms with E-state index in [4.69, 9.17) is 5.11 Å². The van der Waals surface area contributed by atoms with Gasteiger partial charge < -0.3 is 10.0 Å². The molecule has 0 unspecified atom stereocenters. The topological polar surface area (TPSA) is 66.3 Å². The molecule has 5 heteroatoms. The Labute approximate surface area is 95.1 Å². The fraction of sp³-hybridized carbons (Fsp3) is 0.545. The summed E-state index contributed by atoms with van der Waals surface area (Å²) in [7, 11) is 0. The first-order chi connectivity index (χ1) is 7.60. The third-order valence-corrected chi connectivity index (χ3v) is 2.36. The summed E-state index contributed by atoms with van der Waals surface area (Å²) in [5.74, 6) is -0.380. The second-order valence-electron chi connectivity index (χ2n) is 3.55. The summed E-state index contributed by atoms with van der Waals surface area (Å²) in [5.41, 5.74) is 0.670. The van der Waals surface area contributed by atoms with Gasteiger partial charge in [-0.3, -0.25) is 0 Å². The highest BCUT2D eigenvalue weighted by atomic mass is 16.4. The number of nitrogens with zero attached hydrogens (tertiary/aromatic N) is 3. The highest BCUT2D eigenvalue weighted by Crippen LogP contribution is 2.11. The molecular formula is C11H17N3O2. The molecule has 1 heterocycles. The number of aromatic nitrogens is 2. The summed E-state index contributed by atoms with van der Waals surface area (Å²) in [4.78, 5) is 21.1. The Bertz CT molecular complexity index is 379. The fourth-order valence-electron chi connectivity index (χ4n) is 1.49. The van der Waals surface area contributed by atoms with Gasteiger partial charge in [-0.25, -0.2) is 14.8 Å². The largest absolute Gasteiger partial charge is 0.478 e. The van der Waals surface area contributed by atoms with E-state index >= 15 is 0 Å². The van der Waals surface area contributed by atoms with Crippen molar-refractivity contribution in [1.29, 1.82) is 0 Å². The summed E-state index contributed by atoms with van der Waals surface area (Å²) in [5, 5.41) is 8.86. The van der Waals surface area contributed by atoms with Crippen LogP contribution >= 0.6 is 0 Å². The van der Waals surface area contributed by atoms with Gasteiger partial charge in [-0.2, -0.15) is 0 Å². The van der Waals surface area contributed by atoms with Crippen LogP contribution in [0, 0.1) is 6.92 Å². The first-order valence-corrected chi connectivity index (χ1v) is 5.42. The number of carbonyl (C=O) groups is 1. The molecule has 0 saturated carbocycles. The number of aryl methyl sites for hydroxylation is 1. The van der Waals surface area contributed by atoms with Crippen molar-refractivity contribution in [3.8, 4) is 0 Å². The molecule has 0 amide bonds. The summed E-state index contributed by atoms with van der Waals surface area (Å²) in [6.45, 7) is 7.50. The predicted octanol–water partition coefficient (Wildman–Crippen LogP) is 1.72. The number of hydrogen-bond donors (Lipinski definition) is 1. The second-order valence-corrected chi connectivity index (χ2v) is 3.55. The standard InChI is InChI=1S/C11H17N3O2/c1-4-6-14(5-2)11-12-7-9(10(15)16)8(3)13-11/h7H,4-6H2,1-3H3,(H,15,16). The monoisotopic (exact) mass is 223 g/mol. The van der Waals surface area contributed by atoms with Crippen LogP contribution in [0.4, 0.5) is 5.95 Å². The summed E-state index contributed by atoms with van der Waals surface area (Å²) < 4.78 is 0. The van der Waals surface area contributed by atoms with Crippen LogP contribution < -0.4 is 4.90 Å². The maximum absolute atomic E-state index is 10.8. The van der Waals surface area contributed by atoms with Crippen molar-refractivity contribution in [3.05, 3.63) is 17.5 Å². The maximum atomic E-state index is 10.8. The van der Waals surface area contributed by atoms with Gasteiger partial charge in [-0.1, -0.05) is 6.92 Å². The van der Waals surface area contributed by atoms with Gasteiger partial charge in [0.1, 0.15) is 0 Å². The van der Waals surface area contributed by atoms with Crippen molar-refractivity contribution in [3.63, 3.8) is 0 Å². The summed E-state index contributed by atoms with van der Waals surface area (Å²) in [6, 6.07) is 0. The van der Waals surface area contributed by atoms with Gasteiger partial charge in [0.05, 0.1) is 11.3 Å². The lowest BCUT2D eigenvalue weighted by Crippen LogP contribution is -2.26. The number of rotatable bonds is 5. The first kappa shape index (κ1) is 12.4. The third kappa shape index (κ3) is 2.68. The van der Waals surface area contributed by atoms with Crippen LogP contribution in [0.2, 0.25) is 0 Å². The summed E-state index contributed by atoms with van der Waals surface area (Å²) in [6.07, 6.45) is 2.38. The van der Waals surface area contributed by atoms with Gasteiger partial charge >= 0.3 is 5.97 Å². The van der Waals surface area contributed by atoms with E-state index in [1.807, 2.05) is 11.8 Å². The molecule has 0 aromatic carbocycles. The molecule has 0 radical (unpaired) electrons. The fourth-order valence-corrected chi connectivity index (χ4v) is 1.49. The van der Waals surface area contributed by atoms with Gasteiger partial charge in [0, 0.05) is 19.3 Å². The average Bonchev–Trinajstić information content (AvgIpc) is 2.25. The van der Waals surface area contributed by atoms with Crippen LogP contribution in [-0.2, 0) is 0 Å². The highest BCUT2D eigenvalue weighted by molar-refractivity contribution is 5.88. The molecule has 1 N–H and O–H groups in total. The molecule has 0 aliphatic rings. The van der Waals surface area contributed by atoms with Crippen molar-refractivity contribution in [2.24, 2.45) is 0 Å². The van der Waals surface area contributed by atoms with E-state index in [9.17, 15) is 4.79 Å². The van der Waals surface area contributed by atoms with E-state index in [1.54, 1.807) is 6.92 Å². The highest BCUT2D eigenvalue weighted by Gasteiger charge is 2.12. The van der Waals surface area contributed by atoms with Crippen molar-refractivity contribution in [1.82, 2.24) is 9.97 Å². The third-order valence-electron chi connectivity index (χ3n) is 2.36. The average molecular weight is 223 g/mol. The molecule has 0 atom stereocenters. The number of carboxylic acid groups (broad SMARTS) is 1. The minimum atomic E-state index is -0.984. The van der Waals surface area contributed by atoms with E-state index < -0.39 is 5.97 Å². The molecular weight excluding hydrogens is 206 g/mol. The van der Waals surface area contributed by atoms with E-state index in [2.05, 4.69) is 16.9 Å². The second kappa shape index (κ2) is 5.44. The normalized spacial score (nSPS) is 10.2. The van der Waals surface area contributed by atoms with Crippen molar-refractivity contribution >= 4 is 11.9 Å². The van der Waals surface area contributed by atoms with Crippen LogP contribution in [0.3, 0.4) is 0 Å². The van der Waals surface area contributed by atoms with E-state index in [-0.39, 0.29) is 5.56 Å². The molecule has 1 aromatic rings. The van der Waals surface area contributed by atoms with Gasteiger partial charge in [0.25, 0.3) is 0 Å². The molecule has 0 bridgehead atoms. The van der Waals surface area contributed by atoms with E-state index in [1.165, 1.54) is 6.20 Å². The summed E-state index contributed by atoms with van der Waals surface area (Å²) >= 11 is 0. The molecule has 5 nitrogen and oxygen atoms in total. The number of carboxylic acids is 1. The SMILES string of the molecule is CCCN(CC)c1ncc(C(=O)O)c(C)n1. The van der Waals surface area contributed by atoms with Crippen LogP contribution in [0.5, 0.6) is 0 Å². The zero-order chi connectivity index (χ0) is 12.1. The zero-order valence-corrected chi connectivity index (χ0v) is 9.90. The Balaban J connectivity index is 2.99.